The largest absolute Gasteiger partial charge is 0.368 e. The summed E-state index contributed by atoms with van der Waals surface area (Å²) in [7, 11) is 0. The minimum Gasteiger partial charge on any atom is -0.368 e. The van der Waals surface area contributed by atoms with Crippen LogP contribution >= 0.6 is 11.8 Å². The molecule has 1 aliphatic rings. The van der Waals surface area contributed by atoms with Crippen molar-refractivity contribution >= 4 is 41.2 Å². The van der Waals surface area contributed by atoms with E-state index in [1.165, 1.54) is 11.0 Å². The molecular formula is C23H33N5O4S. The minimum absolute atomic E-state index is 0.169. The van der Waals surface area contributed by atoms with E-state index in [9.17, 15) is 19.2 Å². The van der Waals surface area contributed by atoms with Gasteiger partial charge in [-0.3, -0.25) is 14.4 Å². The highest BCUT2D eigenvalue weighted by atomic mass is 32.2. The Hall–Kier alpha value is -3.01. The number of nitrogens with two attached hydrogens (primary N) is 1. The Morgan fingerprint density at radius 3 is 2.48 bits per heavy atom. The number of carbonyl (C=O) groups is 4. The van der Waals surface area contributed by atoms with Crippen molar-refractivity contribution < 1.29 is 19.2 Å². The summed E-state index contributed by atoms with van der Waals surface area (Å²) in [4.78, 5) is 52.5. The van der Waals surface area contributed by atoms with Gasteiger partial charge in [0.1, 0.15) is 12.1 Å². The van der Waals surface area contributed by atoms with Gasteiger partial charge in [-0.05, 0) is 50.6 Å². The van der Waals surface area contributed by atoms with E-state index >= 15 is 0 Å². The normalized spacial score (nSPS) is 18.4. The number of carbonyl (C=O) groups excluding carboxylic acids is 4. The lowest BCUT2D eigenvalue weighted by Gasteiger charge is -2.26. The number of benzene rings is 1. The molecule has 1 saturated heterocycles. The van der Waals surface area contributed by atoms with Crippen LogP contribution in [-0.2, 0) is 14.4 Å². The molecule has 180 valence electrons. The SMILES string of the molecule is CSc1cccc(NC(=O)NC2CC(C(=O)NC(C(N)=O)C(C)C)N(C(=O)C=C(C)C)C2)c1. The molecule has 0 spiro atoms. The molecule has 1 aromatic rings. The van der Waals surface area contributed by atoms with Gasteiger partial charge in [-0.15, -0.1) is 11.8 Å². The van der Waals surface area contributed by atoms with E-state index in [2.05, 4.69) is 16.0 Å². The summed E-state index contributed by atoms with van der Waals surface area (Å²) in [6, 6.07) is 4.88. The van der Waals surface area contributed by atoms with Gasteiger partial charge in [0.25, 0.3) is 0 Å². The summed E-state index contributed by atoms with van der Waals surface area (Å²) in [6.45, 7) is 7.30. The third kappa shape index (κ3) is 7.52. The molecule has 1 aliphatic heterocycles. The number of likely N-dealkylation sites (tertiary alicyclic amines) is 1. The summed E-state index contributed by atoms with van der Waals surface area (Å²) in [5.74, 6) is -1.64. The third-order valence-corrected chi connectivity index (χ3v) is 5.96. The zero-order chi connectivity index (χ0) is 24.7. The quantitative estimate of drug-likeness (QED) is 0.337. The molecule has 33 heavy (non-hydrogen) atoms. The van der Waals surface area contributed by atoms with E-state index in [1.54, 1.807) is 45.5 Å². The van der Waals surface area contributed by atoms with Gasteiger partial charge in [-0.25, -0.2) is 4.79 Å². The van der Waals surface area contributed by atoms with Gasteiger partial charge < -0.3 is 26.6 Å². The number of urea groups is 1. The monoisotopic (exact) mass is 475 g/mol. The smallest absolute Gasteiger partial charge is 0.319 e. The molecule has 1 aromatic carbocycles. The molecule has 0 saturated carbocycles. The highest BCUT2D eigenvalue weighted by Crippen LogP contribution is 2.21. The van der Waals surface area contributed by atoms with Crippen molar-refractivity contribution in [2.45, 2.75) is 57.1 Å². The molecule has 1 heterocycles. The van der Waals surface area contributed by atoms with Gasteiger partial charge >= 0.3 is 6.03 Å². The van der Waals surface area contributed by atoms with E-state index in [4.69, 9.17) is 5.73 Å². The first kappa shape index (κ1) is 26.2. The van der Waals surface area contributed by atoms with Crippen LogP contribution in [0, 0.1) is 5.92 Å². The fourth-order valence-electron chi connectivity index (χ4n) is 3.63. The van der Waals surface area contributed by atoms with Crippen LogP contribution < -0.4 is 21.7 Å². The molecule has 1 fully saturated rings. The molecule has 5 amide bonds. The topological polar surface area (TPSA) is 134 Å². The number of nitrogens with zero attached hydrogens (tertiary/aromatic N) is 1. The third-order valence-electron chi connectivity index (χ3n) is 5.23. The summed E-state index contributed by atoms with van der Waals surface area (Å²) in [5, 5.41) is 8.29. The van der Waals surface area contributed by atoms with E-state index in [1.807, 2.05) is 24.5 Å². The van der Waals surface area contributed by atoms with Gasteiger partial charge in [0.05, 0.1) is 6.04 Å². The van der Waals surface area contributed by atoms with Gasteiger partial charge in [-0.1, -0.05) is 25.5 Å². The summed E-state index contributed by atoms with van der Waals surface area (Å²) in [5.41, 5.74) is 6.86. The predicted octanol–water partition coefficient (Wildman–Crippen LogP) is 2.09. The molecule has 9 nitrogen and oxygen atoms in total. The average Bonchev–Trinajstić information content (AvgIpc) is 3.14. The number of amides is 5. The number of rotatable bonds is 8. The Balaban J connectivity index is 2.13. The first-order valence-electron chi connectivity index (χ1n) is 10.8. The molecule has 2 rings (SSSR count). The van der Waals surface area contributed by atoms with E-state index in [0.717, 1.165) is 10.5 Å². The molecule has 0 radical (unpaired) electrons. The maximum Gasteiger partial charge on any atom is 0.319 e. The second kappa shape index (κ2) is 11.7. The number of allylic oxidation sites excluding steroid dienone is 1. The molecule has 10 heteroatoms. The first-order chi connectivity index (χ1) is 15.5. The van der Waals surface area contributed by atoms with Crippen LogP contribution in [0.1, 0.15) is 34.1 Å². The van der Waals surface area contributed by atoms with Gasteiger partial charge in [0, 0.05) is 23.2 Å². The second-order valence-electron chi connectivity index (χ2n) is 8.62. The summed E-state index contributed by atoms with van der Waals surface area (Å²) < 4.78 is 0. The fourth-order valence-corrected chi connectivity index (χ4v) is 4.09. The van der Waals surface area contributed by atoms with Crippen molar-refractivity contribution in [2.75, 3.05) is 18.1 Å². The van der Waals surface area contributed by atoms with Crippen LogP contribution in [-0.4, -0.2) is 59.6 Å². The lowest BCUT2D eigenvalue weighted by Crippen LogP contribution is -2.53. The van der Waals surface area contributed by atoms with Crippen LogP contribution in [0.4, 0.5) is 10.5 Å². The van der Waals surface area contributed by atoms with E-state index < -0.39 is 36.0 Å². The number of hydrogen-bond acceptors (Lipinski definition) is 5. The van der Waals surface area contributed by atoms with Crippen molar-refractivity contribution in [3.8, 4) is 0 Å². The van der Waals surface area contributed by atoms with E-state index in [-0.39, 0.29) is 24.8 Å². The molecule has 0 bridgehead atoms. The van der Waals surface area contributed by atoms with Crippen molar-refractivity contribution in [3.63, 3.8) is 0 Å². The second-order valence-corrected chi connectivity index (χ2v) is 9.50. The zero-order valence-corrected chi connectivity index (χ0v) is 20.5. The fraction of sp³-hybridized carbons (Fsp3) is 0.478. The van der Waals surface area contributed by atoms with Crippen LogP contribution in [0.25, 0.3) is 0 Å². The van der Waals surface area contributed by atoms with Crippen LogP contribution in [0.15, 0.2) is 40.8 Å². The Morgan fingerprint density at radius 1 is 1.21 bits per heavy atom. The lowest BCUT2D eigenvalue weighted by molar-refractivity contribution is -0.136. The molecule has 0 aliphatic carbocycles. The van der Waals surface area contributed by atoms with Gasteiger partial charge in [0.2, 0.25) is 17.7 Å². The van der Waals surface area contributed by atoms with Gasteiger partial charge in [0.15, 0.2) is 0 Å². The van der Waals surface area contributed by atoms with Crippen molar-refractivity contribution in [2.24, 2.45) is 11.7 Å². The first-order valence-corrected chi connectivity index (χ1v) is 12.0. The molecular weight excluding hydrogens is 442 g/mol. The Kier molecular flexibility index (Phi) is 9.33. The zero-order valence-electron chi connectivity index (χ0n) is 19.7. The summed E-state index contributed by atoms with van der Waals surface area (Å²) in [6.07, 6.45) is 3.61. The van der Waals surface area contributed by atoms with Crippen molar-refractivity contribution in [1.29, 1.82) is 0 Å². The number of nitrogens with one attached hydrogen (secondary N) is 3. The lowest BCUT2D eigenvalue weighted by atomic mass is 10.0. The van der Waals surface area contributed by atoms with Crippen molar-refractivity contribution in [3.05, 3.63) is 35.9 Å². The van der Waals surface area contributed by atoms with Gasteiger partial charge in [-0.2, -0.15) is 0 Å². The Bertz CT molecular complexity index is 929. The van der Waals surface area contributed by atoms with Crippen LogP contribution in [0.3, 0.4) is 0 Å². The number of primary amides is 1. The van der Waals surface area contributed by atoms with Crippen LogP contribution in [0.2, 0.25) is 0 Å². The Morgan fingerprint density at radius 2 is 1.91 bits per heavy atom. The number of anilines is 1. The highest BCUT2D eigenvalue weighted by Gasteiger charge is 2.40. The molecule has 3 unspecified atom stereocenters. The summed E-state index contributed by atoms with van der Waals surface area (Å²) >= 11 is 1.56. The van der Waals surface area contributed by atoms with Crippen molar-refractivity contribution in [1.82, 2.24) is 15.5 Å². The number of hydrogen-bond donors (Lipinski definition) is 4. The van der Waals surface area contributed by atoms with E-state index in [0.29, 0.717) is 5.69 Å². The maximum atomic E-state index is 13.0. The number of thioether (sulfide) groups is 1. The van der Waals surface area contributed by atoms with Crippen LogP contribution in [0.5, 0.6) is 0 Å². The molecule has 0 aromatic heterocycles. The standard InChI is InChI=1S/C23H33N5O4S/c1-13(2)9-19(29)28-12-16(11-18(28)22(31)27-20(14(3)4)21(24)30)26-23(32)25-15-7-6-8-17(10-15)33-5/h6-10,14,16,18,20H,11-12H2,1-5H3,(H2,24,30)(H,27,31)(H2,25,26,32). The maximum absolute atomic E-state index is 13.0. The minimum atomic E-state index is -0.850. The molecule has 3 atom stereocenters. The average molecular weight is 476 g/mol. The molecule has 5 N–H and O–H groups in total. The highest BCUT2D eigenvalue weighted by molar-refractivity contribution is 7.98. The predicted molar refractivity (Wildman–Crippen MR) is 130 cm³/mol. The Labute approximate surface area is 198 Å².